The van der Waals surface area contributed by atoms with E-state index >= 15 is 0 Å². The molecular formula is C30H31N7O3S4. The topological polar surface area (TPSA) is 138 Å². The van der Waals surface area contributed by atoms with Gasteiger partial charge in [0.2, 0.25) is 17.7 Å². The van der Waals surface area contributed by atoms with E-state index in [1.165, 1.54) is 45.8 Å². The molecule has 3 N–H and O–H groups in total. The number of aromatic nitrogens is 3. The number of benzene rings is 1. The van der Waals surface area contributed by atoms with Gasteiger partial charge in [-0.1, -0.05) is 50.6 Å². The molecule has 1 unspecified atom stereocenters. The summed E-state index contributed by atoms with van der Waals surface area (Å²) in [4.78, 5) is 59.9. The average Bonchev–Trinajstić information content (AvgIpc) is 3.84. The average molecular weight is 666 g/mol. The summed E-state index contributed by atoms with van der Waals surface area (Å²) < 4.78 is 0. The van der Waals surface area contributed by atoms with E-state index in [4.69, 9.17) is 15.0 Å². The highest BCUT2D eigenvalue weighted by Crippen LogP contribution is 2.34. The molecule has 44 heavy (non-hydrogen) atoms. The van der Waals surface area contributed by atoms with Crippen molar-refractivity contribution in [3.05, 3.63) is 62.7 Å². The van der Waals surface area contributed by atoms with Crippen molar-refractivity contribution >= 4 is 68.5 Å². The molecule has 228 valence electrons. The minimum absolute atomic E-state index is 0.150. The maximum absolute atomic E-state index is 13.8. The maximum atomic E-state index is 13.8. The lowest BCUT2D eigenvalue weighted by molar-refractivity contribution is -0.133. The van der Waals surface area contributed by atoms with Gasteiger partial charge in [-0.15, -0.1) is 45.8 Å². The van der Waals surface area contributed by atoms with Gasteiger partial charge in [-0.2, -0.15) is 0 Å². The van der Waals surface area contributed by atoms with Gasteiger partial charge in [0.05, 0.1) is 6.04 Å². The third kappa shape index (κ3) is 6.63. The SMILES string of the molecule is CCC(C)[C@@H]1NC(=O)[C@@H](Cc2ccccc2)NC(=O)[C@@H]2CSC(=N2)c2csc(n2)-c2csc(n2)-c2csc(n2)[C@@H](C)NC1=O. The lowest BCUT2D eigenvalue weighted by Crippen LogP contribution is -2.57. The van der Waals surface area contributed by atoms with Crippen molar-refractivity contribution in [1.29, 1.82) is 0 Å². The van der Waals surface area contributed by atoms with Gasteiger partial charge in [0.25, 0.3) is 0 Å². The Morgan fingerprint density at radius 1 is 0.841 bits per heavy atom. The molecule has 6 rings (SSSR count). The van der Waals surface area contributed by atoms with Gasteiger partial charge in [-0.3, -0.25) is 19.4 Å². The van der Waals surface area contributed by atoms with Gasteiger partial charge < -0.3 is 16.0 Å². The molecular weight excluding hydrogens is 635 g/mol. The van der Waals surface area contributed by atoms with E-state index in [9.17, 15) is 14.4 Å². The van der Waals surface area contributed by atoms with Gasteiger partial charge in [0.1, 0.15) is 55.3 Å². The van der Waals surface area contributed by atoms with Crippen LogP contribution in [0.4, 0.5) is 0 Å². The summed E-state index contributed by atoms with van der Waals surface area (Å²) in [5, 5.41) is 17.7. The molecule has 5 heterocycles. The van der Waals surface area contributed by atoms with E-state index in [2.05, 4.69) is 20.9 Å². The number of hydrogen-bond acceptors (Lipinski definition) is 11. The first-order valence-electron chi connectivity index (χ1n) is 14.3. The summed E-state index contributed by atoms with van der Waals surface area (Å²) in [6, 6.07) is 6.76. The molecule has 3 amide bonds. The Bertz CT molecular complexity index is 1700. The van der Waals surface area contributed by atoms with Crippen molar-refractivity contribution < 1.29 is 14.4 Å². The summed E-state index contributed by atoms with van der Waals surface area (Å²) in [6.45, 7) is 5.78. The van der Waals surface area contributed by atoms with Crippen molar-refractivity contribution in [2.45, 2.75) is 57.8 Å². The van der Waals surface area contributed by atoms with Gasteiger partial charge >= 0.3 is 0 Å². The number of nitrogens with zero attached hydrogens (tertiary/aromatic N) is 4. The largest absolute Gasteiger partial charge is 0.345 e. The highest BCUT2D eigenvalue weighted by molar-refractivity contribution is 8.14. The molecule has 1 aromatic carbocycles. The highest BCUT2D eigenvalue weighted by Gasteiger charge is 2.34. The Kier molecular flexibility index (Phi) is 9.21. The van der Waals surface area contributed by atoms with Crippen LogP contribution in [0.25, 0.3) is 21.4 Å². The fraction of sp³-hybridized carbons (Fsp3) is 0.367. The normalized spacial score (nSPS) is 23.2. The van der Waals surface area contributed by atoms with E-state index in [0.717, 1.165) is 32.0 Å². The smallest absolute Gasteiger partial charge is 0.246 e. The molecule has 5 atom stereocenters. The molecule has 8 bridgehead atoms. The van der Waals surface area contributed by atoms with Gasteiger partial charge in [-0.25, -0.2) is 15.0 Å². The van der Waals surface area contributed by atoms with Gasteiger partial charge in [0, 0.05) is 28.3 Å². The maximum Gasteiger partial charge on any atom is 0.246 e. The first kappa shape index (κ1) is 30.6. The van der Waals surface area contributed by atoms with Crippen molar-refractivity contribution in [3.8, 4) is 21.4 Å². The van der Waals surface area contributed by atoms with Gasteiger partial charge in [0.15, 0.2) is 0 Å². The van der Waals surface area contributed by atoms with Crippen molar-refractivity contribution in [2.75, 3.05) is 5.75 Å². The fourth-order valence-corrected chi connectivity index (χ4v) is 8.42. The second-order valence-electron chi connectivity index (χ2n) is 10.8. The van der Waals surface area contributed by atoms with E-state index in [-0.39, 0.29) is 30.2 Å². The number of thiazole rings is 3. The van der Waals surface area contributed by atoms with Crippen LogP contribution in [-0.2, 0) is 20.8 Å². The first-order valence-corrected chi connectivity index (χ1v) is 17.9. The molecule has 0 spiro atoms. The molecule has 0 aliphatic carbocycles. The van der Waals surface area contributed by atoms with Crippen LogP contribution in [0.2, 0.25) is 0 Å². The summed E-state index contributed by atoms with van der Waals surface area (Å²) in [5.41, 5.74) is 3.09. The van der Waals surface area contributed by atoms with Crippen LogP contribution in [-0.4, -0.2) is 61.6 Å². The Labute approximate surface area is 271 Å². The number of rotatable bonds is 4. The monoisotopic (exact) mass is 665 g/mol. The number of carbonyl (C=O) groups is 3. The van der Waals surface area contributed by atoms with Crippen LogP contribution < -0.4 is 16.0 Å². The van der Waals surface area contributed by atoms with Crippen LogP contribution in [0.15, 0.2) is 51.5 Å². The predicted molar refractivity (Wildman–Crippen MR) is 177 cm³/mol. The molecule has 14 heteroatoms. The number of aliphatic imine (C=N–C) groups is 1. The van der Waals surface area contributed by atoms with Crippen LogP contribution in [0.3, 0.4) is 0 Å². The number of amides is 3. The molecule has 10 nitrogen and oxygen atoms in total. The van der Waals surface area contributed by atoms with Crippen molar-refractivity contribution in [1.82, 2.24) is 30.9 Å². The molecule has 4 aromatic rings. The Hall–Kier alpha value is -3.46. The minimum atomic E-state index is -0.897. The van der Waals surface area contributed by atoms with Crippen molar-refractivity contribution in [3.63, 3.8) is 0 Å². The second kappa shape index (κ2) is 13.3. The zero-order valence-electron chi connectivity index (χ0n) is 24.3. The van der Waals surface area contributed by atoms with E-state index in [1.807, 2.05) is 67.2 Å². The molecule has 0 saturated heterocycles. The molecule has 0 radical (unpaired) electrons. The molecule has 2 aliphatic rings. The quantitative estimate of drug-likeness (QED) is 0.287. The van der Waals surface area contributed by atoms with Gasteiger partial charge in [-0.05, 0) is 18.4 Å². The van der Waals surface area contributed by atoms with Crippen molar-refractivity contribution in [2.24, 2.45) is 10.9 Å². The molecule has 0 saturated carbocycles. The summed E-state index contributed by atoms with van der Waals surface area (Å²) in [5.74, 6) is -0.772. The molecule has 3 aromatic heterocycles. The predicted octanol–water partition coefficient (Wildman–Crippen LogP) is 4.70. The molecule has 2 aliphatic heterocycles. The number of nitrogens with one attached hydrogen (secondary N) is 3. The number of carbonyl (C=O) groups excluding carboxylic acids is 3. The standard InChI is InChI=1S/C30H31N7O3S4/c1-4-15(2)23-26(40)31-16(3)27-34-20(12-41-27)29-36-22(14-43-29)30-35-21(13-44-30)28-33-19(11-42-28)25(39)32-18(24(38)37-23)10-17-8-6-5-7-9-17/h5-9,12-16,18-19,23H,4,10-11H2,1-3H3,(H,31,40)(H,32,39)(H,37,38)/t15?,16-,18-,19+,23+/m1/s1. The minimum Gasteiger partial charge on any atom is -0.345 e. The Morgan fingerprint density at radius 2 is 1.52 bits per heavy atom. The van der Waals surface area contributed by atoms with Crippen LogP contribution in [0.1, 0.15) is 49.5 Å². The number of fused-ring (bicyclic) bond motifs is 10. The van der Waals surface area contributed by atoms with E-state index in [1.54, 1.807) is 0 Å². The van der Waals surface area contributed by atoms with Crippen LogP contribution in [0, 0.1) is 5.92 Å². The summed E-state index contributed by atoms with van der Waals surface area (Å²) in [6.07, 6.45) is 0.943. The second-order valence-corrected chi connectivity index (χ2v) is 14.4. The lowest BCUT2D eigenvalue weighted by atomic mass is 9.96. The summed E-state index contributed by atoms with van der Waals surface area (Å²) >= 11 is 5.88. The lowest BCUT2D eigenvalue weighted by Gasteiger charge is -2.28. The van der Waals surface area contributed by atoms with Crippen LogP contribution >= 0.6 is 45.8 Å². The van der Waals surface area contributed by atoms with E-state index in [0.29, 0.717) is 22.9 Å². The zero-order valence-corrected chi connectivity index (χ0v) is 27.5. The number of hydrogen-bond donors (Lipinski definition) is 3. The highest BCUT2D eigenvalue weighted by atomic mass is 32.2. The third-order valence-electron chi connectivity index (χ3n) is 7.58. The van der Waals surface area contributed by atoms with Crippen LogP contribution in [0.5, 0.6) is 0 Å². The molecule has 0 fully saturated rings. The summed E-state index contributed by atoms with van der Waals surface area (Å²) in [7, 11) is 0. The Morgan fingerprint density at radius 3 is 2.27 bits per heavy atom. The Balaban J connectivity index is 1.36. The number of thioether (sulfide) groups is 1. The fourth-order valence-electron chi connectivity index (χ4n) is 4.86. The first-order chi connectivity index (χ1) is 21.3. The van der Waals surface area contributed by atoms with E-state index < -0.39 is 24.0 Å². The zero-order chi connectivity index (χ0) is 30.8. The third-order valence-corrected chi connectivity index (χ3v) is 11.4.